The fraction of sp³-hybridized carbons (Fsp3) is 0.526. The van der Waals surface area contributed by atoms with Gasteiger partial charge in [-0.1, -0.05) is 19.3 Å². The number of hydrogen-bond acceptors (Lipinski definition) is 4. The van der Waals surface area contributed by atoms with Gasteiger partial charge in [-0.05, 0) is 31.0 Å². The Kier molecular flexibility index (Phi) is 4.30. The maximum absolute atomic E-state index is 12.6. The van der Waals surface area contributed by atoms with E-state index in [9.17, 15) is 14.4 Å². The van der Waals surface area contributed by atoms with E-state index in [2.05, 4.69) is 5.32 Å². The van der Waals surface area contributed by atoms with Crippen LogP contribution >= 0.6 is 0 Å². The number of fused-ring (bicyclic) bond motifs is 1. The van der Waals surface area contributed by atoms with E-state index < -0.39 is 5.76 Å². The van der Waals surface area contributed by atoms with E-state index in [1.807, 2.05) is 4.90 Å². The molecule has 0 bridgehead atoms. The summed E-state index contributed by atoms with van der Waals surface area (Å²) in [5, 5.41) is 2.88. The topological polar surface area (TPSA) is 84.5 Å². The smallest absolute Gasteiger partial charge is 0.408 e. The maximum atomic E-state index is 12.6. The van der Waals surface area contributed by atoms with E-state index in [-0.39, 0.29) is 24.2 Å². The molecule has 1 aromatic heterocycles. The van der Waals surface area contributed by atoms with Gasteiger partial charge in [-0.2, -0.15) is 0 Å². The summed E-state index contributed by atoms with van der Waals surface area (Å²) in [5.74, 6) is -0.824. The third kappa shape index (κ3) is 3.02. The number of amides is 2. The van der Waals surface area contributed by atoms with Crippen LogP contribution in [0.2, 0.25) is 0 Å². The zero-order valence-electron chi connectivity index (χ0n) is 14.9. The van der Waals surface area contributed by atoms with Crippen LogP contribution in [-0.2, 0) is 16.6 Å². The lowest BCUT2D eigenvalue weighted by molar-refractivity contribution is -0.130. The zero-order chi connectivity index (χ0) is 18.3. The van der Waals surface area contributed by atoms with Crippen LogP contribution in [0.25, 0.3) is 11.1 Å². The second-order valence-corrected chi connectivity index (χ2v) is 7.34. The number of carbonyl (C=O) groups is 2. The van der Waals surface area contributed by atoms with Crippen molar-refractivity contribution in [2.24, 2.45) is 13.0 Å². The number of benzene rings is 1. The lowest BCUT2D eigenvalue weighted by atomic mass is 9.94. The molecule has 2 amide bonds. The molecular formula is C19H23N3O4. The first-order valence-electron chi connectivity index (χ1n) is 9.23. The van der Waals surface area contributed by atoms with Crippen molar-refractivity contribution in [3.8, 4) is 0 Å². The van der Waals surface area contributed by atoms with Gasteiger partial charge in [0.2, 0.25) is 11.8 Å². The van der Waals surface area contributed by atoms with Crippen molar-refractivity contribution in [2.75, 3.05) is 11.9 Å². The number of nitrogens with zero attached hydrogens (tertiary/aromatic N) is 2. The molecule has 1 aliphatic carbocycles. The van der Waals surface area contributed by atoms with E-state index in [1.165, 1.54) is 11.0 Å². The summed E-state index contributed by atoms with van der Waals surface area (Å²) in [7, 11) is 1.62. The Balaban J connectivity index is 1.46. The fourth-order valence-electron chi connectivity index (χ4n) is 4.10. The highest BCUT2D eigenvalue weighted by molar-refractivity contribution is 5.98. The normalized spacial score (nSPS) is 21.5. The lowest BCUT2D eigenvalue weighted by Crippen LogP contribution is -2.38. The Bertz CT molecular complexity index is 907. The van der Waals surface area contributed by atoms with Crippen LogP contribution in [-0.4, -0.2) is 33.9 Å². The average molecular weight is 357 g/mol. The van der Waals surface area contributed by atoms with Crippen molar-refractivity contribution >= 4 is 28.6 Å². The molecule has 2 aromatic rings. The fourth-order valence-corrected chi connectivity index (χ4v) is 4.10. The van der Waals surface area contributed by atoms with E-state index in [1.54, 1.807) is 25.2 Å². The van der Waals surface area contributed by atoms with Crippen molar-refractivity contribution in [1.29, 1.82) is 0 Å². The van der Waals surface area contributed by atoms with Crippen LogP contribution < -0.4 is 11.1 Å². The predicted octanol–water partition coefficient (Wildman–Crippen LogP) is 2.25. The summed E-state index contributed by atoms with van der Waals surface area (Å²) >= 11 is 0. The van der Waals surface area contributed by atoms with Crippen LogP contribution in [0.3, 0.4) is 0 Å². The molecule has 1 saturated heterocycles. The first-order valence-corrected chi connectivity index (χ1v) is 9.23. The molecule has 1 atom stereocenters. The van der Waals surface area contributed by atoms with Gasteiger partial charge in [0.15, 0.2) is 5.58 Å². The molecule has 2 heterocycles. The molecule has 138 valence electrons. The van der Waals surface area contributed by atoms with Crippen LogP contribution in [0.4, 0.5) is 5.69 Å². The maximum Gasteiger partial charge on any atom is 0.419 e. The Morgan fingerprint density at radius 1 is 1.19 bits per heavy atom. The average Bonchev–Trinajstić information content (AvgIpc) is 3.17. The lowest BCUT2D eigenvalue weighted by Gasteiger charge is -2.31. The summed E-state index contributed by atoms with van der Waals surface area (Å²) in [4.78, 5) is 38.5. The van der Waals surface area contributed by atoms with Crippen molar-refractivity contribution in [3.05, 3.63) is 28.7 Å². The van der Waals surface area contributed by atoms with Crippen LogP contribution in [0.5, 0.6) is 0 Å². The number of anilines is 1. The minimum Gasteiger partial charge on any atom is -0.408 e. The molecule has 1 N–H and O–H groups in total. The minimum absolute atomic E-state index is 0.0877. The largest absolute Gasteiger partial charge is 0.419 e. The Morgan fingerprint density at radius 3 is 2.73 bits per heavy atom. The van der Waals surface area contributed by atoms with Gasteiger partial charge >= 0.3 is 5.76 Å². The summed E-state index contributed by atoms with van der Waals surface area (Å²) < 4.78 is 6.49. The molecule has 2 aliphatic rings. The van der Waals surface area contributed by atoms with Gasteiger partial charge in [0.1, 0.15) is 0 Å². The van der Waals surface area contributed by atoms with E-state index in [0.717, 1.165) is 25.7 Å². The Hall–Kier alpha value is -2.57. The molecule has 1 unspecified atom stereocenters. The SMILES string of the molecule is Cn1c(=O)oc2ccc(NC(=O)C3CC(=O)N(C4CCCCC4)C3)cc21. The third-order valence-corrected chi connectivity index (χ3v) is 5.60. The van der Waals surface area contributed by atoms with Crippen LogP contribution in [0, 0.1) is 5.92 Å². The number of hydrogen-bond donors (Lipinski definition) is 1. The number of aromatic nitrogens is 1. The molecule has 1 aliphatic heterocycles. The van der Waals surface area contributed by atoms with E-state index in [0.29, 0.717) is 29.4 Å². The van der Waals surface area contributed by atoms with E-state index >= 15 is 0 Å². The monoisotopic (exact) mass is 357 g/mol. The number of nitrogens with one attached hydrogen (secondary N) is 1. The van der Waals surface area contributed by atoms with Gasteiger partial charge in [-0.25, -0.2) is 4.79 Å². The molecule has 4 rings (SSSR count). The molecule has 0 radical (unpaired) electrons. The summed E-state index contributed by atoms with van der Waals surface area (Å²) in [6.45, 7) is 0.502. The third-order valence-electron chi connectivity index (χ3n) is 5.60. The quantitative estimate of drug-likeness (QED) is 0.913. The number of likely N-dealkylation sites (tertiary alicyclic amines) is 1. The molecular weight excluding hydrogens is 334 g/mol. The second-order valence-electron chi connectivity index (χ2n) is 7.34. The van der Waals surface area contributed by atoms with E-state index in [4.69, 9.17) is 4.42 Å². The second kappa shape index (κ2) is 6.63. The summed E-state index contributed by atoms with van der Waals surface area (Å²) in [6.07, 6.45) is 5.93. The van der Waals surface area contributed by atoms with Crippen LogP contribution in [0.15, 0.2) is 27.4 Å². The van der Waals surface area contributed by atoms with Crippen molar-refractivity contribution < 1.29 is 14.0 Å². The Morgan fingerprint density at radius 2 is 1.96 bits per heavy atom. The number of aryl methyl sites for hydroxylation is 1. The van der Waals surface area contributed by atoms with Crippen molar-refractivity contribution in [2.45, 2.75) is 44.6 Å². The number of oxazole rings is 1. The highest BCUT2D eigenvalue weighted by Crippen LogP contribution is 2.29. The zero-order valence-corrected chi connectivity index (χ0v) is 14.9. The van der Waals surface area contributed by atoms with Gasteiger partial charge in [0.05, 0.1) is 11.4 Å². The van der Waals surface area contributed by atoms with Gasteiger partial charge < -0.3 is 14.6 Å². The standard InChI is InChI=1S/C19H23N3O4/c1-21-15-10-13(7-8-16(15)26-19(21)25)20-18(24)12-9-17(23)22(11-12)14-5-3-2-4-6-14/h7-8,10,12,14H,2-6,9,11H2,1H3,(H,20,24). The number of carbonyl (C=O) groups excluding carboxylic acids is 2. The molecule has 1 saturated carbocycles. The summed E-state index contributed by atoms with van der Waals surface area (Å²) in [5.41, 5.74) is 1.71. The first-order chi connectivity index (χ1) is 12.5. The number of rotatable bonds is 3. The minimum atomic E-state index is -0.437. The summed E-state index contributed by atoms with van der Waals surface area (Å²) in [6, 6.07) is 5.39. The van der Waals surface area contributed by atoms with Gasteiger partial charge in [0.25, 0.3) is 0 Å². The molecule has 0 spiro atoms. The highest BCUT2D eigenvalue weighted by atomic mass is 16.4. The van der Waals surface area contributed by atoms with Gasteiger partial charge in [0, 0.05) is 31.7 Å². The first kappa shape index (κ1) is 16.9. The molecule has 7 heteroatoms. The van der Waals surface area contributed by atoms with Crippen molar-refractivity contribution in [3.63, 3.8) is 0 Å². The molecule has 26 heavy (non-hydrogen) atoms. The van der Waals surface area contributed by atoms with Crippen LogP contribution in [0.1, 0.15) is 38.5 Å². The Labute approximate surface area is 150 Å². The molecule has 1 aromatic carbocycles. The van der Waals surface area contributed by atoms with Gasteiger partial charge in [-0.3, -0.25) is 14.2 Å². The predicted molar refractivity (Wildman–Crippen MR) is 96.8 cm³/mol. The molecule has 2 fully saturated rings. The van der Waals surface area contributed by atoms with Gasteiger partial charge in [-0.15, -0.1) is 0 Å². The van der Waals surface area contributed by atoms with Crippen molar-refractivity contribution in [1.82, 2.24) is 9.47 Å². The highest BCUT2D eigenvalue weighted by Gasteiger charge is 2.38. The molecule has 7 nitrogen and oxygen atoms in total.